The molecule has 0 radical (unpaired) electrons. The Morgan fingerprint density at radius 1 is 1.29 bits per heavy atom. The Morgan fingerprint density at radius 3 is 2.76 bits per heavy atom. The van der Waals surface area contributed by atoms with Crippen molar-refractivity contribution in [2.45, 2.75) is 45.1 Å². The van der Waals surface area contributed by atoms with Crippen LogP contribution in [0.15, 0.2) is 0 Å². The number of hydrogen-bond donors (Lipinski definition) is 2. The average molecular weight is 242 g/mol. The highest BCUT2D eigenvalue weighted by molar-refractivity contribution is 5.83. The standard InChI is InChI=1S/C12H22N2O3/c1-10(15)14-9-12(16)13-7-3-2-5-11-6-4-8-17-11/h11H,2-9H2,1H3,(H,13,16)(H,14,15)/t11-/m1/s1. The minimum Gasteiger partial charge on any atom is -0.378 e. The first-order chi connectivity index (χ1) is 8.18. The molecule has 2 N–H and O–H groups in total. The predicted molar refractivity (Wildman–Crippen MR) is 64.5 cm³/mol. The number of amides is 2. The highest BCUT2D eigenvalue weighted by Gasteiger charge is 2.14. The van der Waals surface area contributed by atoms with Crippen molar-refractivity contribution < 1.29 is 14.3 Å². The third-order valence-electron chi connectivity index (χ3n) is 2.80. The van der Waals surface area contributed by atoms with Crippen LogP contribution >= 0.6 is 0 Å². The Bertz CT molecular complexity index is 250. The number of ether oxygens (including phenoxy) is 1. The molecule has 5 heteroatoms. The third kappa shape index (κ3) is 6.94. The maximum atomic E-state index is 11.2. The number of carbonyl (C=O) groups excluding carboxylic acids is 2. The highest BCUT2D eigenvalue weighted by atomic mass is 16.5. The van der Waals surface area contributed by atoms with Crippen molar-refractivity contribution in [3.8, 4) is 0 Å². The first-order valence-electron chi connectivity index (χ1n) is 6.31. The number of hydrogen-bond acceptors (Lipinski definition) is 3. The van der Waals surface area contributed by atoms with Gasteiger partial charge in [0.2, 0.25) is 11.8 Å². The molecular formula is C12H22N2O3. The molecule has 1 heterocycles. The molecule has 0 aromatic heterocycles. The summed E-state index contributed by atoms with van der Waals surface area (Å²) in [6.07, 6.45) is 5.91. The topological polar surface area (TPSA) is 67.4 Å². The molecule has 1 atom stereocenters. The molecule has 5 nitrogen and oxygen atoms in total. The van der Waals surface area contributed by atoms with Crippen LogP contribution in [-0.2, 0) is 14.3 Å². The van der Waals surface area contributed by atoms with E-state index in [4.69, 9.17) is 4.74 Å². The van der Waals surface area contributed by atoms with E-state index in [1.807, 2.05) is 0 Å². The van der Waals surface area contributed by atoms with Crippen LogP contribution in [0.25, 0.3) is 0 Å². The Morgan fingerprint density at radius 2 is 2.12 bits per heavy atom. The smallest absolute Gasteiger partial charge is 0.239 e. The highest BCUT2D eigenvalue weighted by Crippen LogP contribution is 2.17. The molecule has 0 aromatic carbocycles. The van der Waals surface area contributed by atoms with Crippen molar-refractivity contribution in [1.82, 2.24) is 10.6 Å². The van der Waals surface area contributed by atoms with Crippen LogP contribution < -0.4 is 10.6 Å². The fourth-order valence-corrected chi connectivity index (χ4v) is 1.86. The molecule has 1 fully saturated rings. The van der Waals surface area contributed by atoms with Crippen LogP contribution in [-0.4, -0.2) is 37.6 Å². The summed E-state index contributed by atoms with van der Waals surface area (Å²) < 4.78 is 5.51. The molecule has 98 valence electrons. The average Bonchev–Trinajstić information content (AvgIpc) is 2.79. The number of nitrogens with one attached hydrogen (secondary N) is 2. The van der Waals surface area contributed by atoms with Crippen LogP contribution in [0.5, 0.6) is 0 Å². The lowest BCUT2D eigenvalue weighted by molar-refractivity contribution is -0.125. The molecule has 17 heavy (non-hydrogen) atoms. The summed E-state index contributed by atoms with van der Waals surface area (Å²) in [4.78, 5) is 21.8. The van der Waals surface area contributed by atoms with Gasteiger partial charge >= 0.3 is 0 Å². The van der Waals surface area contributed by atoms with E-state index in [1.54, 1.807) is 0 Å². The second kappa shape index (κ2) is 8.06. The first kappa shape index (κ1) is 14.0. The van der Waals surface area contributed by atoms with Gasteiger partial charge in [-0.25, -0.2) is 0 Å². The van der Waals surface area contributed by atoms with E-state index in [2.05, 4.69) is 10.6 Å². The van der Waals surface area contributed by atoms with E-state index in [1.165, 1.54) is 19.8 Å². The predicted octanol–water partition coefficient (Wildman–Crippen LogP) is 0.588. The fourth-order valence-electron chi connectivity index (χ4n) is 1.86. The van der Waals surface area contributed by atoms with Gasteiger partial charge < -0.3 is 15.4 Å². The number of rotatable bonds is 7. The third-order valence-corrected chi connectivity index (χ3v) is 2.80. The fraction of sp³-hybridized carbons (Fsp3) is 0.833. The molecule has 1 rings (SSSR count). The minimum absolute atomic E-state index is 0.0705. The van der Waals surface area contributed by atoms with Gasteiger partial charge in [0.05, 0.1) is 12.6 Å². The van der Waals surface area contributed by atoms with Crippen molar-refractivity contribution in [2.24, 2.45) is 0 Å². The molecule has 0 saturated carbocycles. The summed E-state index contributed by atoms with van der Waals surface area (Å²) in [5.74, 6) is -0.309. The van der Waals surface area contributed by atoms with Crippen LogP contribution in [0.3, 0.4) is 0 Å². The monoisotopic (exact) mass is 242 g/mol. The normalized spacial score (nSPS) is 19.0. The zero-order chi connectivity index (χ0) is 12.5. The van der Waals surface area contributed by atoms with Gasteiger partial charge in [0.1, 0.15) is 0 Å². The van der Waals surface area contributed by atoms with Gasteiger partial charge in [-0.15, -0.1) is 0 Å². The van der Waals surface area contributed by atoms with E-state index in [0.29, 0.717) is 12.6 Å². The van der Waals surface area contributed by atoms with Crippen LogP contribution in [0.4, 0.5) is 0 Å². The van der Waals surface area contributed by atoms with Gasteiger partial charge in [-0.2, -0.15) is 0 Å². The van der Waals surface area contributed by atoms with Crippen LogP contribution in [0.1, 0.15) is 39.0 Å². The molecule has 0 spiro atoms. The lowest BCUT2D eigenvalue weighted by Crippen LogP contribution is -2.36. The first-order valence-corrected chi connectivity index (χ1v) is 6.31. The van der Waals surface area contributed by atoms with E-state index in [0.717, 1.165) is 25.9 Å². The van der Waals surface area contributed by atoms with Crippen LogP contribution in [0, 0.1) is 0 Å². The summed E-state index contributed by atoms with van der Waals surface area (Å²) in [6, 6.07) is 0. The zero-order valence-electron chi connectivity index (χ0n) is 10.5. The molecule has 0 bridgehead atoms. The van der Waals surface area contributed by atoms with Crippen LogP contribution in [0.2, 0.25) is 0 Å². The van der Waals surface area contributed by atoms with Gasteiger partial charge in [0.15, 0.2) is 0 Å². The summed E-state index contributed by atoms with van der Waals surface area (Å²) in [6.45, 7) is 3.04. The van der Waals surface area contributed by atoms with E-state index in [9.17, 15) is 9.59 Å². The van der Waals surface area contributed by atoms with Crippen molar-refractivity contribution in [1.29, 1.82) is 0 Å². The van der Waals surface area contributed by atoms with Gasteiger partial charge in [0, 0.05) is 20.1 Å². The Kier molecular flexibility index (Phi) is 6.62. The second-order valence-electron chi connectivity index (χ2n) is 4.39. The van der Waals surface area contributed by atoms with Gasteiger partial charge in [0.25, 0.3) is 0 Å². The quantitative estimate of drug-likeness (QED) is 0.642. The summed E-state index contributed by atoms with van der Waals surface area (Å²) in [5.41, 5.74) is 0. The van der Waals surface area contributed by atoms with Gasteiger partial charge in [-0.3, -0.25) is 9.59 Å². The second-order valence-corrected chi connectivity index (χ2v) is 4.39. The van der Waals surface area contributed by atoms with E-state index in [-0.39, 0.29) is 18.4 Å². The maximum Gasteiger partial charge on any atom is 0.239 e. The molecule has 0 unspecified atom stereocenters. The number of carbonyl (C=O) groups is 2. The van der Waals surface area contributed by atoms with E-state index >= 15 is 0 Å². The zero-order valence-corrected chi connectivity index (χ0v) is 10.5. The molecular weight excluding hydrogens is 220 g/mol. The van der Waals surface area contributed by atoms with Crippen molar-refractivity contribution in [3.63, 3.8) is 0 Å². The van der Waals surface area contributed by atoms with Gasteiger partial charge in [-0.1, -0.05) is 0 Å². The molecule has 0 aliphatic carbocycles. The summed E-state index contributed by atoms with van der Waals surface area (Å²) >= 11 is 0. The molecule has 1 aliphatic rings. The van der Waals surface area contributed by atoms with Gasteiger partial charge in [-0.05, 0) is 32.1 Å². The van der Waals surface area contributed by atoms with Crippen molar-refractivity contribution in [2.75, 3.05) is 19.7 Å². The Balaban J connectivity index is 1.89. The molecule has 1 saturated heterocycles. The molecule has 0 aromatic rings. The lowest BCUT2D eigenvalue weighted by Gasteiger charge is -2.09. The SMILES string of the molecule is CC(=O)NCC(=O)NCCCC[C@@H]1CCCO1. The largest absolute Gasteiger partial charge is 0.378 e. The van der Waals surface area contributed by atoms with Crippen molar-refractivity contribution in [3.05, 3.63) is 0 Å². The Hall–Kier alpha value is -1.10. The lowest BCUT2D eigenvalue weighted by atomic mass is 10.1. The molecule has 2 amide bonds. The van der Waals surface area contributed by atoms with E-state index < -0.39 is 0 Å². The maximum absolute atomic E-state index is 11.2. The summed E-state index contributed by atoms with van der Waals surface area (Å²) in [7, 11) is 0. The Labute approximate surface area is 102 Å². The number of unbranched alkanes of at least 4 members (excludes halogenated alkanes) is 1. The molecule has 1 aliphatic heterocycles. The van der Waals surface area contributed by atoms with Crippen molar-refractivity contribution >= 4 is 11.8 Å². The minimum atomic E-state index is -0.182. The summed E-state index contributed by atoms with van der Waals surface area (Å²) in [5, 5.41) is 5.23.